The van der Waals surface area contributed by atoms with Gasteiger partial charge in [0.15, 0.2) is 0 Å². The monoisotopic (exact) mass is 317 g/mol. The Morgan fingerprint density at radius 3 is 2.61 bits per heavy atom. The fourth-order valence-electron chi connectivity index (χ4n) is 2.20. The van der Waals surface area contributed by atoms with Crippen LogP contribution in [0.2, 0.25) is 0 Å². The highest BCUT2D eigenvalue weighted by molar-refractivity contribution is 5.19. The van der Waals surface area contributed by atoms with E-state index < -0.39 is 0 Å². The van der Waals surface area contributed by atoms with E-state index in [4.69, 9.17) is 9.47 Å². The summed E-state index contributed by atoms with van der Waals surface area (Å²) in [6.07, 6.45) is 0.867. The van der Waals surface area contributed by atoms with Crippen molar-refractivity contribution < 1.29 is 9.47 Å². The van der Waals surface area contributed by atoms with E-state index in [9.17, 15) is 0 Å². The van der Waals surface area contributed by atoms with Crippen LogP contribution in [0, 0.1) is 0 Å². The van der Waals surface area contributed by atoms with Crippen LogP contribution in [0.4, 0.5) is 0 Å². The molecule has 0 atom stereocenters. The van der Waals surface area contributed by atoms with Crippen molar-refractivity contribution in [1.82, 2.24) is 15.1 Å². The molecule has 1 N–H and O–H groups in total. The van der Waals surface area contributed by atoms with E-state index in [1.807, 2.05) is 36.0 Å². The molecule has 2 aromatic rings. The molecule has 1 aromatic carbocycles. The second-order valence-corrected chi connectivity index (χ2v) is 6.22. The molecule has 0 radical (unpaired) electrons. The van der Waals surface area contributed by atoms with E-state index in [2.05, 4.69) is 36.4 Å². The lowest BCUT2D eigenvalue weighted by atomic mass is 10.1. The molecule has 0 aliphatic carbocycles. The zero-order valence-electron chi connectivity index (χ0n) is 14.5. The van der Waals surface area contributed by atoms with Gasteiger partial charge in [-0.3, -0.25) is 0 Å². The second-order valence-electron chi connectivity index (χ2n) is 6.22. The van der Waals surface area contributed by atoms with E-state index in [0.29, 0.717) is 6.61 Å². The van der Waals surface area contributed by atoms with Gasteiger partial charge in [-0.1, -0.05) is 30.3 Å². The van der Waals surface area contributed by atoms with Crippen LogP contribution in [-0.4, -0.2) is 29.5 Å². The first-order valence-electron chi connectivity index (χ1n) is 7.97. The molecule has 0 aliphatic heterocycles. The molecule has 0 spiro atoms. The molecule has 0 bridgehead atoms. The predicted molar refractivity (Wildman–Crippen MR) is 91.5 cm³/mol. The molecule has 0 aliphatic rings. The second kappa shape index (κ2) is 8.13. The number of nitrogens with zero attached hydrogens (tertiary/aromatic N) is 2. The van der Waals surface area contributed by atoms with Crippen molar-refractivity contribution in [3.8, 4) is 5.88 Å². The number of hydrogen-bond acceptors (Lipinski definition) is 4. The third-order valence-electron chi connectivity index (χ3n) is 3.86. The lowest BCUT2D eigenvalue weighted by Crippen LogP contribution is -2.25. The predicted octanol–water partition coefficient (Wildman–Crippen LogP) is 3.00. The van der Waals surface area contributed by atoms with Crippen LogP contribution in [0.3, 0.4) is 0 Å². The van der Waals surface area contributed by atoms with Crippen LogP contribution in [0.5, 0.6) is 5.88 Å². The summed E-state index contributed by atoms with van der Waals surface area (Å²) >= 11 is 0. The zero-order valence-corrected chi connectivity index (χ0v) is 14.5. The van der Waals surface area contributed by atoms with Crippen molar-refractivity contribution in [2.45, 2.75) is 45.6 Å². The van der Waals surface area contributed by atoms with Gasteiger partial charge < -0.3 is 14.8 Å². The van der Waals surface area contributed by atoms with Crippen molar-refractivity contribution in [3.63, 3.8) is 0 Å². The summed E-state index contributed by atoms with van der Waals surface area (Å²) in [5, 5.41) is 7.75. The van der Waals surface area contributed by atoms with E-state index in [1.165, 1.54) is 0 Å². The maximum atomic E-state index is 5.98. The van der Waals surface area contributed by atoms with Gasteiger partial charge in [0, 0.05) is 26.3 Å². The summed E-state index contributed by atoms with van der Waals surface area (Å²) < 4.78 is 13.4. The fourth-order valence-corrected chi connectivity index (χ4v) is 2.20. The minimum Gasteiger partial charge on any atom is -0.473 e. The molecule has 0 saturated carbocycles. The first-order valence-corrected chi connectivity index (χ1v) is 7.97. The highest BCUT2D eigenvalue weighted by atomic mass is 16.5. The van der Waals surface area contributed by atoms with Crippen molar-refractivity contribution in [3.05, 3.63) is 47.7 Å². The highest BCUT2D eigenvalue weighted by Gasteiger charge is 2.18. The molecule has 0 amide bonds. The molecule has 2 rings (SSSR count). The number of aryl methyl sites for hydroxylation is 1. The van der Waals surface area contributed by atoms with Crippen molar-refractivity contribution in [2.75, 3.05) is 14.2 Å². The summed E-state index contributed by atoms with van der Waals surface area (Å²) in [5.41, 5.74) is 1.95. The maximum absolute atomic E-state index is 5.98. The van der Waals surface area contributed by atoms with Crippen LogP contribution in [0.25, 0.3) is 0 Å². The molecule has 1 aromatic heterocycles. The molecular weight excluding hydrogens is 290 g/mol. The highest BCUT2D eigenvalue weighted by Crippen LogP contribution is 2.20. The maximum Gasteiger partial charge on any atom is 0.212 e. The smallest absolute Gasteiger partial charge is 0.212 e. The molecular formula is C18H27N3O2. The fraction of sp³-hybridized carbons (Fsp3) is 0.500. The minimum absolute atomic E-state index is 0.175. The number of ether oxygens (including phenoxy) is 2. The Balaban J connectivity index is 2.06. The van der Waals surface area contributed by atoms with Gasteiger partial charge in [-0.25, -0.2) is 4.68 Å². The lowest BCUT2D eigenvalue weighted by Gasteiger charge is -2.23. The normalized spacial score (nSPS) is 11.7. The molecule has 0 unspecified atom stereocenters. The molecule has 1 heterocycles. The lowest BCUT2D eigenvalue weighted by molar-refractivity contribution is 0.0107. The quantitative estimate of drug-likeness (QED) is 0.772. The van der Waals surface area contributed by atoms with Gasteiger partial charge in [0.25, 0.3) is 0 Å². The summed E-state index contributed by atoms with van der Waals surface area (Å²) in [6.45, 7) is 6.18. The van der Waals surface area contributed by atoms with Gasteiger partial charge in [0.1, 0.15) is 6.61 Å². The third kappa shape index (κ3) is 5.37. The van der Waals surface area contributed by atoms with E-state index in [1.54, 1.807) is 7.11 Å². The van der Waals surface area contributed by atoms with Gasteiger partial charge in [-0.05, 0) is 32.9 Å². The standard InChI is InChI=1S/C18H27N3O2/c1-18(2,22-4)10-11-21-17(12-16(20-21)13-19-3)23-14-15-8-6-5-7-9-15/h5-9,12,19H,10-11,13-14H2,1-4H3. The number of methoxy groups -OCH3 is 1. The Morgan fingerprint density at radius 1 is 1.22 bits per heavy atom. The molecule has 0 saturated heterocycles. The Kier molecular flexibility index (Phi) is 6.19. The van der Waals surface area contributed by atoms with Gasteiger partial charge in [0.05, 0.1) is 11.3 Å². The number of benzene rings is 1. The Morgan fingerprint density at radius 2 is 1.96 bits per heavy atom. The van der Waals surface area contributed by atoms with Gasteiger partial charge in [0.2, 0.25) is 5.88 Å². The summed E-state index contributed by atoms with van der Waals surface area (Å²) in [6, 6.07) is 12.2. The van der Waals surface area contributed by atoms with Crippen molar-refractivity contribution in [1.29, 1.82) is 0 Å². The Hall–Kier alpha value is -1.85. The van der Waals surface area contributed by atoms with E-state index in [-0.39, 0.29) is 5.60 Å². The SMILES string of the molecule is CNCc1cc(OCc2ccccc2)n(CCC(C)(C)OC)n1. The summed E-state index contributed by atoms with van der Waals surface area (Å²) in [4.78, 5) is 0. The zero-order chi connectivity index (χ0) is 16.7. The number of hydrogen-bond donors (Lipinski definition) is 1. The van der Waals surface area contributed by atoms with Gasteiger partial charge >= 0.3 is 0 Å². The topological polar surface area (TPSA) is 48.3 Å². The van der Waals surface area contributed by atoms with E-state index >= 15 is 0 Å². The average molecular weight is 317 g/mol. The molecule has 5 heteroatoms. The average Bonchev–Trinajstić information content (AvgIpc) is 2.94. The van der Waals surface area contributed by atoms with Gasteiger partial charge in [-0.2, -0.15) is 5.10 Å². The van der Waals surface area contributed by atoms with Crippen molar-refractivity contribution >= 4 is 0 Å². The van der Waals surface area contributed by atoms with Crippen LogP contribution in [0.15, 0.2) is 36.4 Å². The largest absolute Gasteiger partial charge is 0.473 e. The van der Waals surface area contributed by atoms with Crippen LogP contribution in [0.1, 0.15) is 31.5 Å². The molecule has 5 nitrogen and oxygen atoms in total. The van der Waals surface area contributed by atoms with Gasteiger partial charge in [-0.15, -0.1) is 0 Å². The van der Waals surface area contributed by atoms with Crippen LogP contribution in [-0.2, 0) is 24.4 Å². The summed E-state index contributed by atoms with van der Waals surface area (Å²) in [7, 11) is 3.65. The number of nitrogens with one attached hydrogen (secondary N) is 1. The first kappa shape index (κ1) is 17.5. The number of aromatic nitrogens is 2. The molecule has 0 fully saturated rings. The molecule has 126 valence electrons. The summed E-state index contributed by atoms with van der Waals surface area (Å²) in [5.74, 6) is 0.797. The van der Waals surface area contributed by atoms with Crippen molar-refractivity contribution in [2.24, 2.45) is 0 Å². The van der Waals surface area contributed by atoms with Crippen LogP contribution >= 0.6 is 0 Å². The third-order valence-corrected chi connectivity index (χ3v) is 3.86. The van der Waals surface area contributed by atoms with Crippen LogP contribution < -0.4 is 10.1 Å². The van der Waals surface area contributed by atoms with E-state index in [0.717, 1.165) is 36.6 Å². The first-order chi connectivity index (χ1) is 11.0. The molecule has 23 heavy (non-hydrogen) atoms. The minimum atomic E-state index is -0.175. The Bertz CT molecular complexity index is 594. The Labute approximate surface area is 138 Å². The number of rotatable bonds is 9.